The molecule has 0 radical (unpaired) electrons. The molecule has 1 aromatic rings. The van der Waals surface area contributed by atoms with Crippen molar-refractivity contribution in [1.82, 2.24) is 4.98 Å². The van der Waals surface area contributed by atoms with Crippen LogP contribution in [0.1, 0.15) is 61.8 Å². The zero-order chi connectivity index (χ0) is 13.3. The Morgan fingerprint density at radius 1 is 1.37 bits per heavy atom. The average molecular weight is 261 g/mol. The van der Waals surface area contributed by atoms with Gasteiger partial charge in [0.05, 0.1) is 0 Å². The summed E-state index contributed by atoms with van der Waals surface area (Å²) in [5, 5.41) is 9.01. The lowest BCUT2D eigenvalue weighted by Crippen LogP contribution is -2.53. The normalized spacial score (nSPS) is 43.6. The van der Waals surface area contributed by atoms with Crippen molar-refractivity contribution in [2.75, 3.05) is 0 Å². The lowest BCUT2D eigenvalue weighted by molar-refractivity contribution is -0.0709. The molecule has 4 fully saturated rings. The number of carboxylic acids is 1. The summed E-state index contributed by atoms with van der Waals surface area (Å²) in [5.41, 5.74) is 0.491. The van der Waals surface area contributed by atoms with Gasteiger partial charge in [-0.3, -0.25) is 0 Å². The SMILES string of the molecule is CC12CC3CC(C1)CC(c1nc(C(=O)O)co1)(C3)C2. The van der Waals surface area contributed by atoms with E-state index in [-0.39, 0.29) is 11.1 Å². The summed E-state index contributed by atoms with van der Waals surface area (Å²) in [4.78, 5) is 15.2. The average Bonchev–Trinajstić information content (AvgIpc) is 2.74. The zero-order valence-electron chi connectivity index (χ0n) is 11.2. The lowest BCUT2D eigenvalue weighted by atomic mass is 9.44. The fraction of sp³-hybridized carbons (Fsp3) is 0.733. The van der Waals surface area contributed by atoms with Crippen molar-refractivity contribution in [3.63, 3.8) is 0 Å². The molecule has 1 N–H and O–H groups in total. The predicted molar refractivity (Wildman–Crippen MR) is 67.9 cm³/mol. The van der Waals surface area contributed by atoms with Gasteiger partial charge in [-0.05, 0) is 55.8 Å². The molecule has 4 heteroatoms. The van der Waals surface area contributed by atoms with Crippen LogP contribution in [0.15, 0.2) is 10.7 Å². The second kappa shape index (κ2) is 3.41. The van der Waals surface area contributed by atoms with Crippen molar-refractivity contribution in [3.8, 4) is 0 Å². The van der Waals surface area contributed by atoms with Crippen molar-refractivity contribution < 1.29 is 14.3 Å². The molecular formula is C15H19NO3. The molecule has 4 aliphatic carbocycles. The monoisotopic (exact) mass is 261 g/mol. The van der Waals surface area contributed by atoms with Gasteiger partial charge in [0.1, 0.15) is 6.26 Å². The highest BCUT2D eigenvalue weighted by atomic mass is 16.4. The molecule has 0 aliphatic heterocycles. The maximum Gasteiger partial charge on any atom is 0.357 e. The van der Waals surface area contributed by atoms with E-state index in [1.54, 1.807) is 0 Å². The molecule has 4 saturated carbocycles. The number of aromatic carboxylic acids is 1. The first-order valence-electron chi connectivity index (χ1n) is 7.17. The Balaban J connectivity index is 1.75. The molecular weight excluding hydrogens is 242 g/mol. The standard InChI is InChI=1S/C15H19NO3/c1-14-3-9-2-10(4-14)6-15(5-9,8-14)13-16-11(7-19-13)12(17)18/h7,9-10H,2-6,8H2,1H3,(H,17,18). The zero-order valence-corrected chi connectivity index (χ0v) is 11.2. The first-order valence-corrected chi connectivity index (χ1v) is 7.17. The Kier molecular flexibility index (Phi) is 2.06. The highest BCUT2D eigenvalue weighted by Crippen LogP contribution is 2.65. The number of rotatable bonds is 2. The van der Waals surface area contributed by atoms with E-state index < -0.39 is 5.97 Å². The van der Waals surface area contributed by atoms with Crippen LogP contribution >= 0.6 is 0 Å². The van der Waals surface area contributed by atoms with Crippen molar-refractivity contribution in [1.29, 1.82) is 0 Å². The summed E-state index contributed by atoms with van der Waals surface area (Å²) in [5.74, 6) is 1.26. The Bertz CT molecular complexity index is 533. The van der Waals surface area contributed by atoms with Crippen LogP contribution in [0.2, 0.25) is 0 Å². The van der Waals surface area contributed by atoms with Gasteiger partial charge in [0.25, 0.3) is 0 Å². The molecule has 19 heavy (non-hydrogen) atoms. The number of carbonyl (C=O) groups is 1. The van der Waals surface area contributed by atoms with Crippen LogP contribution < -0.4 is 0 Å². The van der Waals surface area contributed by atoms with Gasteiger partial charge in [0.15, 0.2) is 5.69 Å². The summed E-state index contributed by atoms with van der Waals surface area (Å²) >= 11 is 0. The summed E-state index contributed by atoms with van der Waals surface area (Å²) in [6, 6.07) is 0. The second-order valence-corrected chi connectivity index (χ2v) is 7.40. The fourth-order valence-corrected chi connectivity index (χ4v) is 5.59. The van der Waals surface area contributed by atoms with Crippen LogP contribution in [-0.2, 0) is 5.41 Å². The van der Waals surface area contributed by atoms with Gasteiger partial charge in [0, 0.05) is 5.41 Å². The largest absolute Gasteiger partial charge is 0.476 e. The summed E-state index contributed by atoms with van der Waals surface area (Å²) in [6.45, 7) is 2.39. The summed E-state index contributed by atoms with van der Waals surface area (Å²) in [6.07, 6.45) is 8.71. The van der Waals surface area contributed by atoms with Crippen LogP contribution in [-0.4, -0.2) is 16.1 Å². The topological polar surface area (TPSA) is 63.3 Å². The van der Waals surface area contributed by atoms with Gasteiger partial charge in [-0.2, -0.15) is 0 Å². The highest BCUT2D eigenvalue weighted by Gasteiger charge is 2.58. The van der Waals surface area contributed by atoms with Gasteiger partial charge in [0.2, 0.25) is 5.89 Å². The minimum atomic E-state index is -0.994. The highest BCUT2D eigenvalue weighted by molar-refractivity contribution is 5.84. The Morgan fingerprint density at radius 3 is 2.58 bits per heavy atom. The van der Waals surface area contributed by atoms with E-state index in [9.17, 15) is 4.79 Å². The maximum atomic E-state index is 11.0. The molecule has 1 aromatic heterocycles. The first-order chi connectivity index (χ1) is 8.98. The second-order valence-electron chi connectivity index (χ2n) is 7.40. The molecule has 2 atom stereocenters. The summed E-state index contributed by atoms with van der Waals surface area (Å²) in [7, 11) is 0. The van der Waals surface area contributed by atoms with Gasteiger partial charge in [-0.15, -0.1) is 0 Å². The van der Waals surface area contributed by atoms with Gasteiger partial charge < -0.3 is 9.52 Å². The molecule has 102 valence electrons. The van der Waals surface area contributed by atoms with Gasteiger partial charge in [-0.1, -0.05) is 6.92 Å². The number of aromatic nitrogens is 1. The number of nitrogens with zero attached hydrogens (tertiary/aromatic N) is 1. The van der Waals surface area contributed by atoms with Crippen LogP contribution in [0, 0.1) is 17.3 Å². The summed E-state index contributed by atoms with van der Waals surface area (Å²) < 4.78 is 5.56. The number of hydrogen-bond acceptors (Lipinski definition) is 3. The van der Waals surface area contributed by atoms with E-state index in [1.165, 1.54) is 25.5 Å². The van der Waals surface area contributed by atoms with Crippen LogP contribution in [0.3, 0.4) is 0 Å². The minimum absolute atomic E-state index is 0.0204. The number of carboxylic acid groups (broad SMARTS) is 1. The molecule has 4 bridgehead atoms. The van der Waals surface area contributed by atoms with Crippen LogP contribution in [0.4, 0.5) is 0 Å². The molecule has 0 spiro atoms. The third kappa shape index (κ3) is 1.58. The van der Waals surface area contributed by atoms with Crippen LogP contribution in [0.25, 0.3) is 0 Å². The molecule has 5 rings (SSSR count). The van der Waals surface area contributed by atoms with E-state index in [2.05, 4.69) is 11.9 Å². The lowest BCUT2D eigenvalue weighted by Gasteiger charge is -2.60. The van der Waals surface area contributed by atoms with Crippen molar-refractivity contribution in [3.05, 3.63) is 17.8 Å². The smallest absolute Gasteiger partial charge is 0.357 e. The van der Waals surface area contributed by atoms with Crippen LogP contribution in [0.5, 0.6) is 0 Å². The molecule has 4 aliphatic rings. The molecule has 1 heterocycles. The van der Waals surface area contributed by atoms with E-state index >= 15 is 0 Å². The van der Waals surface area contributed by atoms with E-state index in [1.807, 2.05) is 0 Å². The Morgan fingerprint density at radius 2 is 2.05 bits per heavy atom. The van der Waals surface area contributed by atoms with E-state index in [4.69, 9.17) is 9.52 Å². The van der Waals surface area contributed by atoms with Crippen molar-refractivity contribution in [2.45, 2.75) is 50.9 Å². The quantitative estimate of drug-likeness (QED) is 0.887. The van der Waals surface area contributed by atoms with Gasteiger partial charge >= 0.3 is 5.97 Å². The molecule has 0 saturated heterocycles. The molecule has 2 unspecified atom stereocenters. The van der Waals surface area contributed by atoms with Crippen molar-refractivity contribution >= 4 is 5.97 Å². The maximum absolute atomic E-state index is 11.0. The minimum Gasteiger partial charge on any atom is -0.476 e. The molecule has 0 aromatic carbocycles. The number of oxazole rings is 1. The molecule has 0 amide bonds. The fourth-order valence-electron chi connectivity index (χ4n) is 5.59. The third-order valence-electron chi connectivity index (χ3n) is 5.53. The van der Waals surface area contributed by atoms with Gasteiger partial charge in [-0.25, -0.2) is 9.78 Å². The number of hydrogen-bond donors (Lipinski definition) is 1. The van der Waals surface area contributed by atoms with Crippen molar-refractivity contribution in [2.24, 2.45) is 17.3 Å². The molecule has 4 nitrogen and oxygen atoms in total. The first kappa shape index (κ1) is 11.5. The third-order valence-corrected chi connectivity index (χ3v) is 5.53. The predicted octanol–water partition coefficient (Wildman–Crippen LogP) is 3.23. The van der Waals surface area contributed by atoms with E-state index in [0.717, 1.165) is 31.1 Å². The Hall–Kier alpha value is -1.32. The Labute approximate surface area is 112 Å². The van der Waals surface area contributed by atoms with E-state index in [0.29, 0.717) is 11.3 Å².